The van der Waals surface area contributed by atoms with Gasteiger partial charge in [-0.1, -0.05) is 12.1 Å². The lowest BCUT2D eigenvalue weighted by atomic mass is 9.99. The molecule has 2 aromatic heterocycles. The minimum absolute atomic E-state index is 0.0952. The summed E-state index contributed by atoms with van der Waals surface area (Å²) in [7, 11) is 1.79. The average Bonchev–Trinajstić information content (AvgIpc) is 3.03. The largest absolute Gasteiger partial charge is 0.383 e. The summed E-state index contributed by atoms with van der Waals surface area (Å²) in [5.74, 6) is -1.21. The molecule has 1 amide bonds. The van der Waals surface area contributed by atoms with Crippen LogP contribution in [0.25, 0.3) is 22.2 Å². The number of aliphatic hydroxyl groups excluding tert-OH is 1. The number of rotatable bonds is 4. The number of nitrogen functional groups attached to an aromatic ring is 1. The van der Waals surface area contributed by atoms with E-state index in [2.05, 4.69) is 15.3 Å². The van der Waals surface area contributed by atoms with Crippen molar-refractivity contribution in [2.45, 2.75) is 20.0 Å². The van der Waals surface area contributed by atoms with E-state index in [4.69, 9.17) is 5.73 Å². The Kier molecular flexibility index (Phi) is 5.35. The molecule has 2 heterocycles. The number of nitrogens with two attached hydrogens (primary N) is 1. The molecular weight excluding hydrogens is 416 g/mol. The van der Waals surface area contributed by atoms with Gasteiger partial charge in [0.15, 0.2) is 6.10 Å². The molecule has 0 saturated carbocycles. The fourth-order valence-electron chi connectivity index (χ4n) is 3.80. The normalized spacial score (nSPS) is 12.2. The first-order valence-corrected chi connectivity index (χ1v) is 9.79. The molecule has 0 aliphatic carbocycles. The number of carbonyl (C=O) groups excluding carboxylic acids is 1. The highest BCUT2D eigenvalue weighted by Crippen LogP contribution is 2.37. The highest BCUT2D eigenvalue weighted by atomic mass is 19.1. The smallest absolute Gasteiger partial charge is 0.257 e. The Morgan fingerprint density at radius 3 is 2.62 bits per heavy atom. The number of halogens is 2. The van der Waals surface area contributed by atoms with Crippen molar-refractivity contribution in [3.8, 4) is 11.1 Å². The monoisotopic (exact) mass is 437 g/mol. The number of carbonyl (C=O) groups is 1. The van der Waals surface area contributed by atoms with Gasteiger partial charge in [0.25, 0.3) is 5.91 Å². The van der Waals surface area contributed by atoms with Crippen molar-refractivity contribution in [2.24, 2.45) is 7.05 Å². The lowest BCUT2D eigenvalue weighted by molar-refractivity contribution is -0.124. The van der Waals surface area contributed by atoms with Crippen LogP contribution < -0.4 is 11.1 Å². The van der Waals surface area contributed by atoms with E-state index in [1.807, 2.05) is 0 Å². The second kappa shape index (κ2) is 8.01. The Balaban J connectivity index is 1.69. The molecule has 9 heteroatoms. The lowest BCUT2D eigenvalue weighted by Gasteiger charge is -2.14. The number of amides is 1. The number of aryl methyl sites for hydroxylation is 3. The van der Waals surface area contributed by atoms with E-state index >= 15 is 4.39 Å². The fraction of sp³-hybridized carbons (Fsp3) is 0.174. The van der Waals surface area contributed by atoms with Gasteiger partial charge in [0.05, 0.1) is 5.39 Å². The van der Waals surface area contributed by atoms with Gasteiger partial charge in [-0.3, -0.25) is 4.79 Å². The molecule has 164 valence electrons. The van der Waals surface area contributed by atoms with Crippen LogP contribution in [0.15, 0.2) is 42.6 Å². The number of fused-ring (bicyclic) bond motifs is 1. The van der Waals surface area contributed by atoms with E-state index in [9.17, 15) is 14.3 Å². The van der Waals surface area contributed by atoms with Gasteiger partial charge in [-0.2, -0.15) is 0 Å². The maximum Gasteiger partial charge on any atom is 0.257 e. The predicted molar refractivity (Wildman–Crippen MR) is 118 cm³/mol. The van der Waals surface area contributed by atoms with E-state index < -0.39 is 23.6 Å². The van der Waals surface area contributed by atoms with Crippen molar-refractivity contribution >= 4 is 28.4 Å². The molecule has 4 N–H and O–H groups in total. The van der Waals surface area contributed by atoms with Gasteiger partial charge in [0.2, 0.25) is 0 Å². The summed E-state index contributed by atoms with van der Waals surface area (Å²) in [5, 5.41) is 13.2. The molecule has 7 nitrogen and oxygen atoms in total. The maximum atomic E-state index is 15.2. The zero-order chi connectivity index (χ0) is 23.2. The van der Waals surface area contributed by atoms with E-state index in [0.29, 0.717) is 33.5 Å². The van der Waals surface area contributed by atoms with Crippen LogP contribution in [-0.2, 0) is 11.8 Å². The van der Waals surface area contributed by atoms with Crippen LogP contribution in [0.1, 0.15) is 23.1 Å². The van der Waals surface area contributed by atoms with Crippen molar-refractivity contribution < 1.29 is 18.7 Å². The molecule has 0 fully saturated rings. The van der Waals surface area contributed by atoms with E-state index in [1.54, 1.807) is 37.7 Å². The third-order valence-electron chi connectivity index (χ3n) is 5.19. The van der Waals surface area contributed by atoms with E-state index in [1.165, 1.54) is 18.2 Å². The lowest BCUT2D eigenvalue weighted by Crippen LogP contribution is -2.21. The number of nitrogens with one attached hydrogen (secondary N) is 1. The summed E-state index contributed by atoms with van der Waals surface area (Å²) >= 11 is 0. The Morgan fingerprint density at radius 2 is 1.94 bits per heavy atom. The summed E-state index contributed by atoms with van der Waals surface area (Å²) in [6, 6.07) is 7.82. The first-order chi connectivity index (χ1) is 15.2. The minimum atomic E-state index is -1.60. The molecule has 1 unspecified atom stereocenters. The third kappa shape index (κ3) is 3.78. The Labute approximate surface area is 182 Å². The Hall–Kier alpha value is -3.85. The van der Waals surface area contributed by atoms with Gasteiger partial charge in [0.1, 0.15) is 28.9 Å². The van der Waals surface area contributed by atoms with Gasteiger partial charge in [0, 0.05) is 30.1 Å². The van der Waals surface area contributed by atoms with Crippen molar-refractivity contribution in [3.63, 3.8) is 0 Å². The maximum absolute atomic E-state index is 15.2. The molecule has 0 aliphatic rings. The fourth-order valence-corrected chi connectivity index (χ4v) is 3.80. The molecule has 4 aromatic rings. The van der Waals surface area contributed by atoms with E-state index in [0.717, 1.165) is 12.1 Å². The number of aromatic nitrogens is 3. The molecule has 4 rings (SSSR count). The topological polar surface area (TPSA) is 106 Å². The zero-order valence-corrected chi connectivity index (χ0v) is 17.6. The summed E-state index contributed by atoms with van der Waals surface area (Å²) in [5.41, 5.74) is 8.31. The Morgan fingerprint density at radius 1 is 1.19 bits per heavy atom. The van der Waals surface area contributed by atoms with Gasteiger partial charge in [-0.05, 0) is 49.2 Å². The highest BCUT2D eigenvalue weighted by molar-refractivity contribution is 6.02. The quantitative estimate of drug-likeness (QED) is 0.451. The number of benzene rings is 2. The first kappa shape index (κ1) is 21.4. The van der Waals surface area contributed by atoms with Crippen LogP contribution in [-0.4, -0.2) is 25.5 Å². The summed E-state index contributed by atoms with van der Waals surface area (Å²) in [6.45, 7) is 3.42. The molecule has 0 bridgehead atoms. The predicted octanol–water partition coefficient (Wildman–Crippen LogP) is 3.78. The van der Waals surface area contributed by atoms with Crippen molar-refractivity contribution in [1.82, 2.24) is 14.5 Å². The van der Waals surface area contributed by atoms with E-state index in [-0.39, 0.29) is 17.1 Å². The summed E-state index contributed by atoms with van der Waals surface area (Å²) in [6.07, 6.45) is 0.124. The van der Waals surface area contributed by atoms with Crippen LogP contribution in [0.2, 0.25) is 0 Å². The van der Waals surface area contributed by atoms with Gasteiger partial charge in [-0.25, -0.2) is 18.7 Å². The third-order valence-corrected chi connectivity index (χ3v) is 5.19. The number of nitrogens with zero attached hydrogens (tertiary/aromatic N) is 3. The van der Waals surface area contributed by atoms with Gasteiger partial charge in [-0.15, -0.1) is 0 Å². The summed E-state index contributed by atoms with van der Waals surface area (Å²) in [4.78, 5) is 21.0. The first-order valence-electron chi connectivity index (χ1n) is 9.79. The molecule has 0 aliphatic heterocycles. The number of anilines is 2. The second-order valence-electron chi connectivity index (χ2n) is 7.61. The van der Waals surface area contributed by atoms with Gasteiger partial charge < -0.3 is 20.7 Å². The van der Waals surface area contributed by atoms with Crippen molar-refractivity contribution in [2.75, 3.05) is 11.1 Å². The molecule has 1 atom stereocenters. The molecule has 0 spiro atoms. The second-order valence-corrected chi connectivity index (χ2v) is 7.61. The van der Waals surface area contributed by atoms with Crippen LogP contribution in [0.4, 0.5) is 20.3 Å². The number of hydrogen-bond acceptors (Lipinski definition) is 5. The Bertz CT molecular complexity index is 1340. The number of hydrogen-bond donors (Lipinski definition) is 3. The molecular formula is C23H21F2N5O2. The SMILES string of the molecule is Cc1nc(N)c2c(-c3c(C)cc(NC(=O)C(O)c4cccc(F)c4)cc3F)cn(C)c2n1. The number of aliphatic hydroxyl groups is 1. The average molecular weight is 437 g/mol. The molecule has 2 aromatic carbocycles. The molecule has 0 radical (unpaired) electrons. The van der Waals surface area contributed by atoms with Crippen LogP contribution in [0.3, 0.4) is 0 Å². The molecule has 32 heavy (non-hydrogen) atoms. The standard InChI is InChI=1S/C23H21F2N5O2/c1-11-7-15(29-23(32)20(31)13-5-4-6-14(24)8-13)9-17(25)18(11)16-10-30(3)22-19(16)21(26)27-12(2)28-22/h4-10,20,31H,1-3H3,(H,29,32)(H2,26,27,28). The van der Waals surface area contributed by atoms with Crippen LogP contribution in [0.5, 0.6) is 0 Å². The van der Waals surface area contributed by atoms with Crippen molar-refractivity contribution in [3.05, 3.63) is 71.2 Å². The molecule has 0 saturated heterocycles. The van der Waals surface area contributed by atoms with Crippen LogP contribution >= 0.6 is 0 Å². The van der Waals surface area contributed by atoms with Gasteiger partial charge >= 0.3 is 0 Å². The zero-order valence-electron chi connectivity index (χ0n) is 17.6. The van der Waals surface area contributed by atoms with Crippen LogP contribution in [0, 0.1) is 25.5 Å². The highest BCUT2D eigenvalue weighted by Gasteiger charge is 2.22. The minimum Gasteiger partial charge on any atom is -0.383 e. The van der Waals surface area contributed by atoms with Crippen molar-refractivity contribution in [1.29, 1.82) is 0 Å². The summed E-state index contributed by atoms with van der Waals surface area (Å²) < 4.78 is 30.3.